The van der Waals surface area contributed by atoms with Gasteiger partial charge in [-0.3, -0.25) is 10.1 Å². The molecule has 23 heavy (non-hydrogen) atoms. The van der Waals surface area contributed by atoms with Crippen LogP contribution in [-0.2, 0) is 0 Å². The molecule has 0 radical (unpaired) electrons. The zero-order valence-electron chi connectivity index (χ0n) is 13.2. The normalized spacial score (nSPS) is 11.1. The van der Waals surface area contributed by atoms with E-state index in [0.717, 1.165) is 24.5 Å². The van der Waals surface area contributed by atoms with Crippen LogP contribution in [0, 0.1) is 0 Å². The van der Waals surface area contributed by atoms with Gasteiger partial charge in [0.05, 0.1) is 6.26 Å². The third-order valence-electron chi connectivity index (χ3n) is 3.27. The minimum Gasteiger partial charge on any atom is -0.459 e. The molecule has 1 N–H and O–H groups in total. The van der Waals surface area contributed by atoms with Gasteiger partial charge in [0.2, 0.25) is 5.11 Å². The molecule has 1 aromatic heterocycles. The van der Waals surface area contributed by atoms with E-state index in [-0.39, 0.29) is 10.9 Å². The molecule has 0 saturated carbocycles. The number of amides is 1. The summed E-state index contributed by atoms with van der Waals surface area (Å²) in [5.74, 6) is 0.530. The lowest BCUT2D eigenvalue weighted by Crippen LogP contribution is -2.35. The van der Waals surface area contributed by atoms with E-state index in [1.54, 1.807) is 12.1 Å². The predicted octanol–water partition coefficient (Wildman–Crippen LogP) is 3.08. The molecule has 0 atom stereocenters. The lowest BCUT2D eigenvalue weighted by Gasteiger charge is -2.23. The second-order valence-electron chi connectivity index (χ2n) is 4.71. The SMILES string of the molecule is CCN(CC)/C(=N\C(=S)NC(=O)c1ccco1)c1ccccc1. The number of amidine groups is 1. The van der Waals surface area contributed by atoms with Crippen LogP contribution in [0.4, 0.5) is 0 Å². The summed E-state index contributed by atoms with van der Waals surface area (Å²) >= 11 is 5.21. The number of carbonyl (C=O) groups is 1. The van der Waals surface area contributed by atoms with Crippen LogP contribution in [0.15, 0.2) is 58.1 Å². The van der Waals surface area contributed by atoms with Crippen LogP contribution in [0.25, 0.3) is 0 Å². The highest BCUT2D eigenvalue weighted by molar-refractivity contribution is 7.80. The molecule has 120 valence electrons. The van der Waals surface area contributed by atoms with Crippen LogP contribution in [0.2, 0.25) is 0 Å². The quantitative estimate of drug-likeness (QED) is 0.532. The standard InChI is InChI=1S/C17H19N3O2S/c1-3-20(4-2)15(13-9-6-5-7-10-13)18-17(23)19-16(21)14-11-8-12-22-14/h5-12H,3-4H2,1-2H3,(H,19,21,23)/b18-15-. The number of furan rings is 1. The van der Waals surface area contributed by atoms with E-state index in [1.807, 2.05) is 44.2 Å². The highest BCUT2D eigenvalue weighted by atomic mass is 32.1. The first-order chi connectivity index (χ1) is 11.2. The zero-order valence-corrected chi connectivity index (χ0v) is 14.0. The monoisotopic (exact) mass is 329 g/mol. The topological polar surface area (TPSA) is 57.8 Å². The molecule has 0 aliphatic carbocycles. The Hall–Kier alpha value is -2.47. The van der Waals surface area contributed by atoms with Crippen molar-refractivity contribution < 1.29 is 9.21 Å². The number of hydrogen-bond donors (Lipinski definition) is 1. The number of hydrogen-bond acceptors (Lipinski definition) is 3. The molecule has 0 saturated heterocycles. The van der Waals surface area contributed by atoms with Crippen LogP contribution in [0.1, 0.15) is 30.0 Å². The minimum absolute atomic E-state index is 0.108. The second kappa shape index (κ2) is 8.24. The summed E-state index contributed by atoms with van der Waals surface area (Å²) in [6.07, 6.45) is 1.44. The van der Waals surface area contributed by atoms with Crippen LogP contribution in [0.5, 0.6) is 0 Å². The van der Waals surface area contributed by atoms with E-state index in [2.05, 4.69) is 15.2 Å². The lowest BCUT2D eigenvalue weighted by atomic mass is 10.2. The maximum Gasteiger partial charge on any atom is 0.293 e. The predicted molar refractivity (Wildman–Crippen MR) is 94.7 cm³/mol. The second-order valence-corrected chi connectivity index (χ2v) is 5.10. The molecule has 2 rings (SSSR count). The lowest BCUT2D eigenvalue weighted by molar-refractivity contribution is 0.0950. The van der Waals surface area contributed by atoms with Gasteiger partial charge >= 0.3 is 0 Å². The molecule has 5 nitrogen and oxygen atoms in total. The highest BCUT2D eigenvalue weighted by Gasteiger charge is 2.14. The summed E-state index contributed by atoms with van der Waals surface area (Å²) in [5, 5.41) is 2.68. The largest absolute Gasteiger partial charge is 0.459 e. The minimum atomic E-state index is -0.407. The summed E-state index contributed by atoms with van der Waals surface area (Å²) < 4.78 is 5.05. The molecule has 0 bridgehead atoms. The molecule has 0 aliphatic heterocycles. The van der Waals surface area contributed by atoms with Gasteiger partial charge in [0, 0.05) is 18.7 Å². The summed E-state index contributed by atoms with van der Waals surface area (Å²) in [4.78, 5) is 18.5. The fourth-order valence-electron chi connectivity index (χ4n) is 2.12. The van der Waals surface area contributed by atoms with Gasteiger partial charge in [-0.2, -0.15) is 0 Å². The van der Waals surface area contributed by atoms with Gasteiger partial charge in [-0.05, 0) is 38.2 Å². The Morgan fingerprint density at radius 1 is 1.17 bits per heavy atom. The van der Waals surface area contributed by atoms with Gasteiger partial charge in [-0.1, -0.05) is 30.3 Å². The average molecular weight is 329 g/mol. The Morgan fingerprint density at radius 3 is 2.43 bits per heavy atom. The van der Waals surface area contributed by atoms with Gasteiger partial charge in [-0.25, -0.2) is 4.99 Å². The molecule has 0 spiro atoms. The van der Waals surface area contributed by atoms with Crippen LogP contribution in [0.3, 0.4) is 0 Å². The van der Waals surface area contributed by atoms with Crippen molar-refractivity contribution in [3.63, 3.8) is 0 Å². The van der Waals surface area contributed by atoms with Gasteiger partial charge < -0.3 is 9.32 Å². The van der Waals surface area contributed by atoms with E-state index >= 15 is 0 Å². The Kier molecular flexibility index (Phi) is 6.05. The van der Waals surface area contributed by atoms with E-state index in [9.17, 15) is 4.79 Å². The van der Waals surface area contributed by atoms with Crippen LogP contribution >= 0.6 is 12.2 Å². The Balaban J connectivity index is 2.22. The molecule has 1 heterocycles. The molecule has 0 aliphatic rings. The maximum absolute atomic E-state index is 12.0. The van der Waals surface area contributed by atoms with E-state index in [1.165, 1.54) is 6.26 Å². The van der Waals surface area contributed by atoms with Crippen LogP contribution < -0.4 is 5.32 Å². The molecule has 1 amide bonds. The van der Waals surface area contributed by atoms with Crippen molar-refractivity contribution >= 4 is 29.1 Å². The highest BCUT2D eigenvalue weighted by Crippen LogP contribution is 2.07. The van der Waals surface area contributed by atoms with Gasteiger partial charge in [0.25, 0.3) is 5.91 Å². The summed E-state index contributed by atoms with van der Waals surface area (Å²) in [5.41, 5.74) is 0.950. The molecule has 2 aromatic rings. The molecule has 0 unspecified atom stereocenters. The van der Waals surface area contributed by atoms with Crippen molar-refractivity contribution in [2.75, 3.05) is 13.1 Å². The van der Waals surface area contributed by atoms with Crippen molar-refractivity contribution in [3.05, 3.63) is 60.1 Å². The maximum atomic E-state index is 12.0. The van der Waals surface area contributed by atoms with Crippen molar-refractivity contribution in [1.29, 1.82) is 0 Å². The first-order valence-electron chi connectivity index (χ1n) is 7.43. The average Bonchev–Trinajstić information content (AvgIpc) is 3.10. The van der Waals surface area contributed by atoms with E-state index in [4.69, 9.17) is 16.6 Å². The number of benzene rings is 1. The summed E-state index contributed by atoms with van der Waals surface area (Å²) in [6, 6.07) is 13.0. The van der Waals surface area contributed by atoms with Crippen molar-refractivity contribution in [1.82, 2.24) is 10.2 Å². The van der Waals surface area contributed by atoms with Crippen molar-refractivity contribution in [2.45, 2.75) is 13.8 Å². The number of carbonyl (C=O) groups excluding carboxylic acids is 1. The Bertz CT molecular complexity index is 677. The smallest absolute Gasteiger partial charge is 0.293 e. The Labute approximate surface area is 141 Å². The molecule has 1 aromatic carbocycles. The summed E-state index contributed by atoms with van der Waals surface area (Å²) in [6.45, 7) is 5.68. The van der Waals surface area contributed by atoms with E-state index in [0.29, 0.717) is 0 Å². The number of aliphatic imine (C=N–C) groups is 1. The number of nitrogens with zero attached hydrogens (tertiary/aromatic N) is 2. The Morgan fingerprint density at radius 2 is 1.87 bits per heavy atom. The molecule has 0 fully saturated rings. The molecule has 6 heteroatoms. The molecular weight excluding hydrogens is 310 g/mol. The van der Waals surface area contributed by atoms with E-state index < -0.39 is 5.91 Å². The third-order valence-corrected chi connectivity index (χ3v) is 3.46. The molecular formula is C17H19N3O2S. The third kappa shape index (κ3) is 4.50. The van der Waals surface area contributed by atoms with Gasteiger partial charge in [0.1, 0.15) is 5.84 Å². The number of thiocarbonyl (C=S) groups is 1. The summed E-state index contributed by atoms with van der Waals surface area (Å²) in [7, 11) is 0. The first kappa shape index (κ1) is 16.9. The number of nitrogens with one attached hydrogen (secondary N) is 1. The fourth-order valence-corrected chi connectivity index (χ4v) is 2.30. The fraction of sp³-hybridized carbons (Fsp3) is 0.235. The van der Waals surface area contributed by atoms with Gasteiger partial charge in [0.15, 0.2) is 5.76 Å². The van der Waals surface area contributed by atoms with Gasteiger partial charge in [-0.15, -0.1) is 0 Å². The first-order valence-corrected chi connectivity index (χ1v) is 7.84. The van der Waals surface area contributed by atoms with Crippen molar-refractivity contribution in [3.8, 4) is 0 Å². The van der Waals surface area contributed by atoms with Crippen molar-refractivity contribution in [2.24, 2.45) is 4.99 Å². The number of rotatable bonds is 4. The van der Waals surface area contributed by atoms with Crippen LogP contribution in [-0.4, -0.2) is 34.8 Å². The zero-order chi connectivity index (χ0) is 16.7.